The van der Waals surface area contributed by atoms with Gasteiger partial charge < -0.3 is 5.11 Å². The lowest BCUT2D eigenvalue weighted by molar-refractivity contribution is -0.137. The number of hydrogen-bond acceptors (Lipinski definition) is 3. The van der Waals surface area contributed by atoms with Crippen LogP contribution in [0.3, 0.4) is 0 Å². The first kappa shape index (κ1) is 28.0. The van der Waals surface area contributed by atoms with Crippen LogP contribution in [0.4, 0.5) is 22.0 Å². The van der Waals surface area contributed by atoms with Gasteiger partial charge >= 0.3 is 6.18 Å². The molecule has 2 saturated carbocycles. The van der Waals surface area contributed by atoms with Gasteiger partial charge in [0.2, 0.25) is 0 Å². The van der Waals surface area contributed by atoms with Gasteiger partial charge in [-0.1, -0.05) is 37.1 Å². The molecule has 3 aromatic rings. The Bertz CT molecular complexity index is 1430. The van der Waals surface area contributed by atoms with E-state index in [4.69, 9.17) is 4.98 Å². The maximum Gasteiger partial charge on any atom is 0.416 e. The van der Waals surface area contributed by atoms with Crippen LogP contribution in [-0.2, 0) is 17.4 Å². The number of halogens is 5. The standard InChI is InChI=1S/C33H32F5NO2/c34-23-11-7-19(8-12-23)27-28-25(17-32(18-26(28)41)15-13-24(40)14-16-32)39-31(21-3-1-2-4-21)29(27)30(35)20-5-9-22(10-6-20)33(36,37)38/h5-12,21,26,30,41H,1-4,13-18H2. The molecule has 41 heavy (non-hydrogen) atoms. The molecule has 0 bridgehead atoms. The van der Waals surface area contributed by atoms with Crippen LogP contribution < -0.4 is 0 Å². The quantitative estimate of drug-likeness (QED) is 0.320. The minimum Gasteiger partial charge on any atom is -0.388 e. The van der Waals surface area contributed by atoms with E-state index in [0.29, 0.717) is 66.6 Å². The average Bonchev–Trinajstić information content (AvgIpc) is 3.49. The first-order chi connectivity index (χ1) is 19.5. The first-order valence-corrected chi connectivity index (χ1v) is 14.4. The van der Waals surface area contributed by atoms with Crippen LogP contribution in [0.25, 0.3) is 11.1 Å². The van der Waals surface area contributed by atoms with Crippen LogP contribution >= 0.6 is 0 Å². The van der Waals surface area contributed by atoms with E-state index in [1.54, 1.807) is 12.1 Å². The minimum atomic E-state index is -4.55. The molecular weight excluding hydrogens is 537 g/mol. The molecule has 0 aliphatic heterocycles. The molecule has 2 unspecified atom stereocenters. The Morgan fingerprint density at radius 1 is 0.951 bits per heavy atom. The topological polar surface area (TPSA) is 50.2 Å². The van der Waals surface area contributed by atoms with E-state index in [9.17, 15) is 27.5 Å². The SMILES string of the molecule is O=C1CCC2(CC1)Cc1nc(C3CCCC3)c(C(F)c3ccc(C(F)(F)F)cc3)c(-c3ccc(F)cc3)c1C(O)C2. The number of aliphatic hydroxyl groups is 1. The summed E-state index contributed by atoms with van der Waals surface area (Å²) in [6.45, 7) is 0. The molecule has 2 fully saturated rings. The van der Waals surface area contributed by atoms with Gasteiger partial charge in [0, 0.05) is 35.6 Å². The van der Waals surface area contributed by atoms with Crippen molar-refractivity contribution < 1.29 is 31.9 Å². The highest BCUT2D eigenvalue weighted by Gasteiger charge is 2.44. The number of alkyl halides is 4. The number of carbonyl (C=O) groups excluding carboxylic acids is 1. The summed E-state index contributed by atoms with van der Waals surface area (Å²) >= 11 is 0. The van der Waals surface area contributed by atoms with Crippen LogP contribution in [0.2, 0.25) is 0 Å². The van der Waals surface area contributed by atoms with E-state index in [2.05, 4.69) is 0 Å². The molecule has 216 valence electrons. The molecule has 0 saturated heterocycles. The molecule has 1 spiro atoms. The summed E-state index contributed by atoms with van der Waals surface area (Å²) in [6.07, 6.45) is -0.592. The van der Waals surface area contributed by atoms with Crippen LogP contribution in [0, 0.1) is 11.2 Å². The lowest BCUT2D eigenvalue weighted by Crippen LogP contribution is -2.36. The number of aliphatic hydroxyl groups excluding tert-OH is 1. The zero-order chi connectivity index (χ0) is 28.9. The van der Waals surface area contributed by atoms with E-state index in [1.807, 2.05) is 0 Å². The number of fused-ring (bicyclic) bond motifs is 1. The molecule has 8 heteroatoms. The van der Waals surface area contributed by atoms with E-state index in [0.717, 1.165) is 49.9 Å². The summed E-state index contributed by atoms with van der Waals surface area (Å²) in [5.74, 6) is -0.278. The highest BCUT2D eigenvalue weighted by Crippen LogP contribution is 2.54. The van der Waals surface area contributed by atoms with E-state index < -0.39 is 29.8 Å². The Balaban J connectivity index is 1.56. The van der Waals surface area contributed by atoms with Gasteiger partial charge in [-0.2, -0.15) is 13.2 Å². The maximum atomic E-state index is 16.8. The molecule has 1 N–H and O–H groups in total. The Morgan fingerprint density at radius 3 is 2.20 bits per heavy atom. The summed E-state index contributed by atoms with van der Waals surface area (Å²) in [4.78, 5) is 17.1. The number of pyridine rings is 1. The Kier molecular flexibility index (Phi) is 7.25. The fraction of sp³-hybridized carbons (Fsp3) is 0.455. The van der Waals surface area contributed by atoms with Gasteiger partial charge in [0.05, 0.1) is 17.4 Å². The van der Waals surface area contributed by atoms with Crippen LogP contribution in [0.5, 0.6) is 0 Å². The van der Waals surface area contributed by atoms with E-state index >= 15 is 4.39 Å². The molecule has 3 nitrogen and oxygen atoms in total. The molecule has 3 aliphatic rings. The number of benzene rings is 2. The van der Waals surface area contributed by atoms with E-state index in [-0.39, 0.29) is 28.2 Å². The van der Waals surface area contributed by atoms with Crippen molar-refractivity contribution in [2.45, 2.75) is 88.6 Å². The van der Waals surface area contributed by atoms with Crippen molar-refractivity contribution >= 4 is 5.78 Å². The largest absolute Gasteiger partial charge is 0.416 e. The van der Waals surface area contributed by atoms with Gasteiger partial charge in [-0.25, -0.2) is 8.78 Å². The number of aromatic nitrogens is 1. The average molecular weight is 570 g/mol. The van der Waals surface area contributed by atoms with E-state index in [1.165, 1.54) is 12.1 Å². The number of Topliss-reactive ketones (excluding diaryl/α,β-unsaturated/α-hetero) is 1. The summed E-state index contributed by atoms with van der Waals surface area (Å²) in [6, 6.07) is 9.76. The van der Waals surface area contributed by atoms with Crippen molar-refractivity contribution in [1.29, 1.82) is 0 Å². The second-order valence-corrected chi connectivity index (χ2v) is 12.1. The third-order valence-electron chi connectivity index (χ3n) is 9.41. The lowest BCUT2D eigenvalue weighted by atomic mass is 9.63. The molecule has 0 amide bonds. The summed E-state index contributed by atoms with van der Waals surface area (Å²) in [7, 11) is 0. The fourth-order valence-electron chi connectivity index (χ4n) is 7.26. The lowest BCUT2D eigenvalue weighted by Gasteiger charge is -2.43. The van der Waals surface area contributed by atoms with Crippen molar-refractivity contribution in [2.75, 3.05) is 0 Å². The molecule has 0 radical (unpaired) electrons. The van der Waals surface area contributed by atoms with Gasteiger partial charge in [0.25, 0.3) is 0 Å². The first-order valence-electron chi connectivity index (χ1n) is 14.4. The normalized spacial score (nSPS) is 21.7. The number of ketones is 1. The van der Waals surface area contributed by atoms with Crippen molar-refractivity contribution in [3.05, 3.63) is 88.0 Å². The minimum absolute atomic E-state index is 0.0369. The van der Waals surface area contributed by atoms with Gasteiger partial charge in [-0.05, 0) is 84.9 Å². The summed E-state index contributed by atoms with van der Waals surface area (Å²) in [5.41, 5.74) is 1.92. The second-order valence-electron chi connectivity index (χ2n) is 12.1. The smallest absolute Gasteiger partial charge is 0.388 e. The Labute approximate surface area is 235 Å². The summed E-state index contributed by atoms with van der Waals surface area (Å²) < 4.78 is 70.6. The molecular formula is C33H32F5NO2. The Hall–Kier alpha value is -3.13. The van der Waals surface area contributed by atoms with Gasteiger partial charge in [-0.3, -0.25) is 9.78 Å². The Morgan fingerprint density at radius 2 is 1.59 bits per heavy atom. The monoisotopic (exact) mass is 569 g/mol. The highest BCUT2D eigenvalue weighted by molar-refractivity contribution is 5.79. The summed E-state index contributed by atoms with van der Waals surface area (Å²) in [5, 5.41) is 11.7. The van der Waals surface area contributed by atoms with Crippen molar-refractivity contribution in [3.8, 4) is 11.1 Å². The zero-order valence-corrected chi connectivity index (χ0v) is 22.6. The maximum absolute atomic E-state index is 16.8. The van der Waals surface area contributed by atoms with Gasteiger partial charge in [0.15, 0.2) is 6.17 Å². The molecule has 2 atom stereocenters. The molecule has 1 heterocycles. The predicted octanol–water partition coefficient (Wildman–Crippen LogP) is 8.73. The van der Waals surface area contributed by atoms with Crippen LogP contribution in [0.1, 0.15) is 110 Å². The molecule has 3 aliphatic carbocycles. The zero-order valence-electron chi connectivity index (χ0n) is 22.6. The molecule has 6 rings (SSSR count). The predicted molar refractivity (Wildman–Crippen MR) is 144 cm³/mol. The molecule has 1 aromatic heterocycles. The van der Waals surface area contributed by atoms with Crippen LogP contribution in [-0.4, -0.2) is 15.9 Å². The third-order valence-corrected chi connectivity index (χ3v) is 9.41. The number of hydrogen-bond donors (Lipinski definition) is 1. The van der Waals surface area contributed by atoms with Gasteiger partial charge in [0.1, 0.15) is 11.6 Å². The van der Waals surface area contributed by atoms with Crippen molar-refractivity contribution in [1.82, 2.24) is 4.98 Å². The third kappa shape index (κ3) is 5.31. The molecule has 2 aromatic carbocycles. The second kappa shape index (κ2) is 10.6. The fourth-order valence-corrected chi connectivity index (χ4v) is 7.26. The van der Waals surface area contributed by atoms with Gasteiger partial charge in [-0.15, -0.1) is 0 Å². The van der Waals surface area contributed by atoms with Crippen molar-refractivity contribution in [3.63, 3.8) is 0 Å². The highest BCUT2D eigenvalue weighted by atomic mass is 19.4. The van der Waals surface area contributed by atoms with Crippen molar-refractivity contribution in [2.24, 2.45) is 5.41 Å². The number of carbonyl (C=O) groups is 1. The van der Waals surface area contributed by atoms with Crippen LogP contribution in [0.15, 0.2) is 48.5 Å². The number of nitrogens with zero attached hydrogens (tertiary/aromatic N) is 1. The number of rotatable bonds is 4.